The summed E-state index contributed by atoms with van der Waals surface area (Å²) in [5.41, 5.74) is 3.02. The second-order valence-electron chi connectivity index (χ2n) is 5.91. The monoisotopic (exact) mass is 257 g/mol. The Morgan fingerprint density at radius 1 is 1.42 bits per heavy atom. The van der Waals surface area contributed by atoms with E-state index in [2.05, 4.69) is 12.1 Å². The number of rotatable bonds is 3. The van der Waals surface area contributed by atoms with Crippen LogP contribution in [0.5, 0.6) is 0 Å². The lowest BCUT2D eigenvalue weighted by Crippen LogP contribution is -2.40. The Labute approximate surface area is 113 Å². The van der Waals surface area contributed by atoms with Gasteiger partial charge in [0.05, 0.1) is 11.1 Å². The van der Waals surface area contributed by atoms with Gasteiger partial charge in [-0.3, -0.25) is 4.79 Å². The standard InChI is InChI=1S/C16H19NO2/c1-11(18)8-9-16(2)13-7-3-5-12-6-4-10-17(14(12)13)15(16)19/h3,5,7H,4,6,8-10H2,1-2H3. The summed E-state index contributed by atoms with van der Waals surface area (Å²) in [6.07, 6.45) is 3.18. The first-order valence-electron chi connectivity index (χ1n) is 6.98. The molecule has 0 radical (unpaired) electrons. The van der Waals surface area contributed by atoms with Gasteiger partial charge in [0.1, 0.15) is 5.78 Å². The van der Waals surface area contributed by atoms with Crippen LogP contribution in [0.25, 0.3) is 0 Å². The maximum atomic E-state index is 12.7. The van der Waals surface area contributed by atoms with Crippen LogP contribution >= 0.6 is 0 Å². The highest BCUT2D eigenvalue weighted by Crippen LogP contribution is 2.47. The van der Waals surface area contributed by atoms with Crippen LogP contribution in [-0.4, -0.2) is 18.2 Å². The molecule has 100 valence electrons. The molecule has 1 amide bonds. The average Bonchev–Trinajstić information content (AvgIpc) is 2.62. The number of hydrogen-bond acceptors (Lipinski definition) is 2. The summed E-state index contributed by atoms with van der Waals surface area (Å²) in [4.78, 5) is 25.9. The van der Waals surface area contributed by atoms with Crippen LogP contribution in [0.2, 0.25) is 0 Å². The van der Waals surface area contributed by atoms with Crippen molar-refractivity contribution >= 4 is 17.4 Å². The molecule has 0 aliphatic carbocycles. The molecule has 1 atom stereocenters. The topological polar surface area (TPSA) is 37.4 Å². The van der Waals surface area contributed by atoms with Crippen LogP contribution in [0.3, 0.4) is 0 Å². The largest absolute Gasteiger partial charge is 0.311 e. The Morgan fingerprint density at radius 2 is 2.21 bits per heavy atom. The van der Waals surface area contributed by atoms with E-state index in [1.165, 1.54) is 5.56 Å². The molecule has 0 spiro atoms. The van der Waals surface area contributed by atoms with E-state index in [0.717, 1.165) is 30.6 Å². The van der Waals surface area contributed by atoms with Gasteiger partial charge in [-0.2, -0.15) is 0 Å². The van der Waals surface area contributed by atoms with Crippen molar-refractivity contribution in [1.29, 1.82) is 0 Å². The van der Waals surface area contributed by atoms with Gasteiger partial charge < -0.3 is 9.69 Å². The van der Waals surface area contributed by atoms with Crippen molar-refractivity contribution in [3.05, 3.63) is 29.3 Å². The number of nitrogens with zero attached hydrogens (tertiary/aromatic N) is 1. The van der Waals surface area contributed by atoms with Crippen molar-refractivity contribution < 1.29 is 9.59 Å². The Hall–Kier alpha value is -1.64. The third-order valence-corrected chi connectivity index (χ3v) is 4.51. The summed E-state index contributed by atoms with van der Waals surface area (Å²) < 4.78 is 0. The van der Waals surface area contributed by atoms with Gasteiger partial charge in [-0.1, -0.05) is 18.2 Å². The molecule has 1 aromatic rings. The minimum absolute atomic E-state index is 0.153. The van der Waals surface area contributed by atoms with E-state index in [9.17, 15) is 9.59 Å². The Morgan fingerprint density at radius 3 is 2.95 bits per heavy atom. The highest BCUT2D eigenvalue weighted by Gasteiger charge is 2.48. The second-order valence-corrected chi connectivity index (χ2v) is 5.91. The summed E-state index contributed by atoms with van der Waals surface area (Å²) in [6, 6.07) is 6.22. The minimum atomic E-state index is -0.513. The van der Waals surface area contributed by atoms with Crippen molar-refractivity contribution in [2.45, 2.75) is 44.9 Å². The van der Waals surface area contributed by atoms with Crippen molar-refractivity contribution in [2.75, 3.05) is 11.4 Å². The minimum Gasteiger partial charge on any atom is -0.311 e. The van der Waals surface area contributed by atoms with E-state index in [1.807, 2.05) is 17.9 Å². The molecule has 1 unspecified atom stereocenters. The van der Waals surface area contributed by atoms with Gasteiger partial charge in [0.2, 0.25) is 5.91 Å². The number of Topliss-reactive ketones (excluding diaryl/α,β-unsaturated/α-hetero) is 1. The number of carbonyl (C=O) groups is 2. The van der Waals surface area contributed by atoms with Crippen molar-refractivity contribution in [1.82, 2.24) is 0 Å². The van der Waals surface area contributed by atoms with Gasteiger partial charge in [-0.15, -0.1) is 0 Å². The lowest BCUT2D eigenvalue weighted by molar-refractivity contribution is -0.123. The molecule has 1 aromatic carbocycles. The normalized spacial score (nSPS) is 24.5. The fraction of sp³-hybridized carbons (Fsp3) is 0.500. The quantitative estimate of drug-likeness (QED) is 0.834. The number of carbonyl (C=O) groups excluding carboxylic acids is 2. The zero-order valence-electron chi connectivity index (χ0n) is 11.5. The average molecular weight is 257 g/mol. The summed E-state index contributed by atoms with van der Waals surface area (Å²) in [7, 11) is 0. The van der Waals surface area contributed by atoms with Gasteiger partial charge in [-0.05, 0) is 44.2 Å². The molecule has 0 saturated carbocycles. The molecule has 0 bridgehead atoms. The van der Waals surface area contributed by atoms with E-state index in [4.69, 9.17) is 0 Å². The first-order valence-corrected chi connectivity index (χ1v) is 6.98. The molecule has 0 fully saturated rings. The first-order chi connectivity index (χ1) is 9.04. The molecule has 2 heterocycles. The van der Waals surface area contributed by atoms with Crippen LogP contribution < -0.4 is 4.90 Å². The molecule has 19 heavy (non-hydrogen) atoms. The predicted octanol–water partition coefficient (Wildman–Crippen LogP) is 2.61. The highest BCUT2D eigenvalue weighted by molar-refractivity contribution is 6.09. The predicted molar refractivity (Wildman–Crippen MR) is 74.4 cm³/mol. The lowest BCUT2D eigenvalue weighted by atomic mass is 9.78. The zero-order valence-corrected chi connectivity index (χ0v) is 11.5. The van der Waals surface area contributed by atoms with E-state index < -0.39 is 5.41 Å². The molecule has 2 aliphatic heterocycles. The Kier molecular flexibility index (Phi) is 2.73. The third kappa shape index (κ3) is 1.71. The SMILES string of the molecule is CC(=O)CCC1(C)C(=O)N2CCCc3cccc1c32. The fourth-order valence-electron chi connectivity index (χ4n) is 3.38. The number of aryl methyl sites for hydroxylation is 1. The number of amides is 1. The van der Waals surface area contributed by atoms with Gasteiger partial charge in [0, 0.05) is 13.0 Å². The molecule has 0 saturated heterocycles. The summed E-state index contributed by atoms with van der Waals surface area (Å²) in [5.74, 6) is 0.330. The Bertz CT molecular complexity index is 564. The highest BCUT2D eigenvalue weighted by atomic mass is 16.2. The Balaban J connectivity index is 2.07. The summed E-state index contributed by atoms with van der Waals surface area (Å²) in [5, 5.41) is 0. The van der Waals surface area contributed by atoms with Crippen LogP contribution in [-0.2, 0) is 21.4 Å². The molecule has 3 heteroatoms. The summed E-state index contributed by atoms with van der Waals surface area (Å²) >= 11 is 0. The zero-order chi connectivity index (χ0) is 13.6. The molecular formula is C16H19NO2. The second kappa shape index (κ2) is 4.19. The summed E-state index contributed by atoms with van der Waals surface area (Å²) in [6.45, 7) is 4.40. The van der Waals surface area contributed by atoms with E-state index in [-0.39, 0.29) is 11.7 Å². The molecular weight excluding hydrogens is 238 g/mol. The van der Waals surface area contributed by atoms with Gasteiger partial charge >= 0.3 is 0 Å². The first kappa shape index (κ1) is 12.4. The number of anilines is 1. The molecule has 2 aliphatic rings. The van der Waals surface area contributed by atoms with Gasteiger partial charge in [0.15, 0.2) is 0 Å². The van der Waals surface area contributed by atoms with E-state index >= 15 is 0 Å². The van der Waals surface area contributed by atoms with Gasteiger partial charge in [0.25, 0.3) is 0 Å². The fourth-order valence-corrected chi connectivity index (χ4v) is 3.38. The number of ketones is 1. The van der Waals surface area contributed by atoms with Crippen molar-refractivity contribution in [2.24, 2.45) is 0 Å². The van der Waals surface area contributed by atoms with Crippen LogP contribution in [0, 0.1) is 0 Å². The molecule has 3 nitrogen and oxygen atoms in total. The maximum absolute atomic E-state index is 12.7. The number of para-hydroxylation sites is 1. The van der Waals surface area contributed by atoms with E-state index in [0.29, 0.717) is 12.8 Å². The van der Waals surface area contributed by atoms with Crippen LogP contribution in [0.4, 0.5) is 5.69 Å². The van der Waals surface area contributed by atoms with E-state index in [1.54, 1.807) is 6.92 Å². The third-order valence-electron chi connectivity index (χ3n) is 4.51. The molecule has 3 rings (SSSR count). The molecule has 0 N–H and O–H groups in total. The van der Waals surface area contributed by atoms with Crippen LogP contribution in [0.1, 0.15) is 44.2 Å². The van der Waals surface area contributed by atoms with Crippen molar-refractivity contribution in [3.8, 4) is 0 Å². The van der Waals surface area contributed by atoms with Gasteiger partial charge in [-0.25, -0.2) is 0 Å². The lowest BCUT2D eigenvalue weighted by Gasteiger charge is -2.26. The smallest absolute Gasteiger partial charge is 0.237 e. The maximum Gasteiger partial charge on any atom is 0.237 e. The number of hydrogen-bond donors (Lipinski definition) is 0. The van der Waals surface area contributed by atoms with Crippen LogP contribution in [0.15, 0.2) is 18.2 Å². The number of benzene rings is 1. The molecule has 0 aromatic heterocycles. The van der Waals surface area contributed by atoms with Crippen molar-refractivity contribution in [3.63, 3.8) is 0 Å².